The number of hydrogen-bond donors (Lipinski definition) is 1. The second kappa shape index (κ2) is 7.37. The van der Waals surface area contributed by atoms with E-state index in [1.807, 2.05) is 13.0 Å². The third-order valence-corrected chi connectivity index (χ3v) is 5.01. The number of fused-ring (bicyclic) bond motifs is 1. The molecule has 27 heavy (non-hydrogen) atoms. The number of halogens is 1. The molecule has 6 heteroatoms. The van der Waals surface area contributed by atoms with E-state index in [1.165, 1.54) is 11.1 Å². The molecule has 2 heterocycles. The van der Waals surface area contributed by atoms with Gasteiger partial charge >= 0.3 is 0 Å². The van der Waals surface area contributed by atoms with Gasteiger partial charge in [-0.2, -0.15) is 0 Å². The van der Waals surface area contributed by atoms with Crippen molar-refractivity contribution in [2.75, 3.05) is 16.8 Å². The zero-order valence-corrected chi connectivity index (χ0v) is 15.7. The maximum absolute atomic E-state index is 12.4. The van der Waals surface area contributed by atoms with Crippen LogP contribution >= 0.6 is 11.6 Å². The minimum atomic E-state index is -0.288. The van der Waals surface area contributed by atoms with Gasteiger partial charge in [-0.3, -0.25) is 4.79 Å². The lowest BCUT2D eigenvalue weighted by Gasteiger charge is -2.29. The highest BCUT2D eigenvalue weighted by Crippen LogP contribution is 2.23. The summed E-state index contributed by atoms with van der Waals surface area (Å²) in [6, 6.07) is 17.3. The second-order valence-corrected chi connectivity index (χ2v) is 7.07. The monoisotopic (exact) mass is 378 g/mol. The lowest BCUT2D eigenvalue weighted by atomic mass is 10.00. The van der Waals surface area contributed by atoms with E-state index in [4.69, 9.17) is 11.6 Å². The fraction of sp³-hybridized carbons (Fsp3) is 0.190. The number of nitrogens with zero attached hydrogens (tertiary/aromatic N) is 3. The Morgan fingerprint density at radius 3 is 2.63 bits per heavy atom. The Kier molecular flexibility index (Phi) is 4.77. The van der Waals surface area contributed by atoms with Gasteiger partial charge < -0.3 is 10.2 Å². The molecule has 0 bridgehead atoms. The lowest BCUT2D eigenvalue weighted by molar-refractivity contribution is 0.102. The summed E-state index contributed by atoms with van der Waals surface area (Å²) in [5, 5.41) is 11.9. The first-order chi connectivity index (χ1) is 13.1. The average Bonchev–Trinajstić information content (AvgIpc) is 2.70. The van der Waals surface area contributed by atoms with Crippen molar-refractivity contribution in [1.29, 1.82) is 0 Å². The standard InChI is InChI=1S/C21H19ClN4O/c1-14-12-17(22)6-7-18(14)23-21(27)19-8-9-20(25-24-19)26-11-10-15-4-2-3-5-16(15)13-26/h2-9,12H,10-11,13H2,1H3,(H,23,27). The van der Waals surface area contributed by atoms with E-state index in [9.17, 15) is 4.79 Å². The third kappa shape index (κ3) is 3.78. The third-order valence-electron chi connectivity index (χ3n) is 4.77. The van der Waals surface area contributed by atoms with Crippen LogP contribution in [-0.4, -0.2) is 22.6 Å². The molecular formula is C21H19ClN4O. The number of hydrogen-bond acceptors (Lipinski definition) is 4. The maximum Gasteiger partial charge on any atom is 0.276 e. The van der Waals surface area contributed by atoms with Gasteiger partial charge in [0.2, 0.25) is 0 Å². The Labute approximate surface area is 163 Å². The summed E-state index contributed by atoms with van der Waals surface area (Å²) in [7, 11) is 0. The molecule has 0 spiro atoms. The summed E-state index contributed by atoms with van der Waals surface area (Å²) >= 11 is 5.95. The minimum Gasteiger partial charge on any atom is -0.350 e. The van der Waals surface area contributed by atoms with Crippen molar-refractivity contribution in [3.8, 4) is 0 Å². The van der Waals surface area contributed by atoms with Crippen LogP contribution < -0.4 is 10.2 Å². The quantitative estimate of drug-likeness (QED) is 0.740. The predicted molar refractivity (Wildman–Crippen MR) is 107 cm³/mol. The van der Waals surface area contributed by atoms with Gasteiger partial charge in [0.1, 0.15) is 0 Å². The van der Waals surface area contributed by atoms with E-state index in [2.05, 4.69) is 44.7 Å². The summed E-state index contributed by atoms with van der Waals surface area (Å²) in [6.45, 7) is 3.59. The summed E-state index contributed by atoms with van der Waals surface area (Å²) in [5.41, 5.74) is 4.59. The zero-order valence-electron chi connectivity index (χ0n) is 14.9. The van der Waals surface area contributed by atoms with Crippen LogP contribution in [0.5, 0.6) is 0 Å². The van der Waals surface area contributed by atoms with Crippen LogP contribution in [-0.2, 0) is 13.0 Å². The topological polar surface area (TPSA) is 58.1 Å². The molecule has 0 unspecified atom stereocenters. The van der Waals surface area contributed by atoms with Crippen molar-refractivity contribution in [2.45, 2.75) is 19.9 Å². The van der Waals surface area contributed by atoms with Crippen LogP contribution in [0.25, 0.3) is 0 Å². The second-order valence-electron chi connectivity index (χ2n) is 6.63. The predicted octanol–water partition coefficient (Wildman–Crippen LogP) is 4.25. The van der Waals surface area contributed by atoms with Crippen LogP contribution in [0.4, 0.5) is 11.5 Å². The minimum absolute atomic E-state index is 0.283. The number of aromatic nitrogens is 2. The van der Waals surface area contributed by atoms with E-state index < -0.39 is 0 Å². The summed E-state index contributed by atoms with van der Waals surface area (Å²) in [6.07, 6.45) is 0.982. The van der Waals surface area contributed by atoms with Crippen molar-refractivity contribution in [1.82, 2.24) is 10.2 Å². The Bertz CT molecular complexity index is 988. The number of carbonyl (C=O) groups excluding carboxylic acids is 1. The molecule has 0 saturated heterocycles. The highest BCUT2D eigenvalue weighted by molar-refractivity contribution is 6.30. The van der Waals surface area contributed by atoms with Crippen molar-refractivity contribution in [3.05, 3.63) is 82.0 Å². The van der Waals surface area contributed by atoms with Crippen molar-refractivity contribution >= 4 is 29.0 Å². The van der Waals surface area contributed by atoms with Gasteiger partial charge in [0.15, 0.2) is 11.5 Å². The van der Waals surface area contributed by atoms with Crippen molar-refractivity contribution < 1.29 is 4.79 Å². The van der Waals surface area contributed by atoms with Crippen LogP contribution in [0.15, 0.2) is 54.6 Å². The first-order valence-corrected chi connectivity index (χ1v) is 9.21. The van der Waals surface area contributed by atoms with Gasteiger partial charge in [-0.05, 0) is 60.4 Å². The summed E-state index contributed by atoms with van der Waals surface area (Å²) < 4.78 is 0. The molecule has 1 amide bonds. The van der Waals surface area contributed by atoms with E-state index >= 15 is 0 Å². The molecule has 1 N–H and O–H groups in total. The smallest absolute Gasteiger partial charge is 0.276 e. The summed E-state index contributed by atoms with van der Waals surface area (Å²) in [5.74, 6) is 0.493. The Morgan fingerprint density at radius 1 is 1.07 bits per heavy atom. The molecule has 0 fully saturated rings. The van der Waals surface area contributed by atoms with E-state index in [1.54, 1.807) is 24.3 Å². The van der Waals surface area contributed by atoms with Gasteiger partial charge in [-0.25, -0.2) is 0 Å². The molecule has 0 radical (unpaired) electrons. The van der Waals surface area contributed by atoms with Crippen molar-refractivity contribution in [2.24, 2.45) is 0 Å². The van der Waals surface area contributed by atoms with Gasteiger partial charge in [-0.15, -0.1) is 10.2 Å². The number of carbonyl (C=O) groups is 1. The number of amides is 1. The molecule has 3 aromatic rings. The van der Waals surface area contributed by atoms with E-state index in [0.29, 0.717) is 10.7 Å². The first-order valence-electron chi connectivity index (χ1n) is 8.83. The Balaban J connectivity index is 1.47. The fourth-order valence-corrected chi connectivity index (χ4v) is 3.49. The molecule has 0 saturated carbocycles. The van der Waals surface area contributed by atoms with Gasteiger partial charge in [-0.1, -0.05) is 35.9 Å². The number of rotatable bonds is 3. The van der Waals surface area contributed by atoms with Crippen LogP contribution in [0.3, 0.4) is 0 Å². The highest BCUT2D eigenvalue weighted by atomic mass is 35.5. The molecule has 5 nitrogen and oxygen atoms in total. The van der Waals surface area contributed by atoms with Gasteiger partial charge in [0, 0.05) is 23.8 Å². The molecule has 0 atom stereocenters. The molecule has 1 aliphatic heterocycles. The average molecular weight is 379 g/mol. The lowest BCUT2D eigenvalue weighted by Crippen LogP contribution is -2.31. The number of nitrogens with one attached hydrogen (secondary N) is 1. The molecule has 4 rings (SSSR count). The Morgan fingerprint density at radius 2 is 1.89 bits per heavy atom. The molecule has 0 aliphatic carbocycles. The SMILES string of the molecule is Cc1cc(Cl)ccc1NC(=O)c1ccc(N2CCc3ccccc3C2)nn1. The number of aryl methyl sites for hydroxylation is 1. The largest absolute Gasteiger partial charge is 0.350 e. The van der Waals surface area contributed by atoms with Gasteiger partial charge in [0.05, 0.1) is 0 Å². The zero-order chi connectivity index (χ0) is 18.8. The van der Waals surface area contributed by atoms with Crippen molar-refractivity contribution in [3.63, 3.8) is 0 Å². The van der Waals surface area contributed by atoms with E-state index in [-0.39, 0.29) is 11.6 Å². The Hall–Kier alpha value is -2.92. The fourth-order valence-electron chi connectivity index (χ4n) is 3.26. The first kappa shape index (κ1) is 17.5. The number of benzene rings is 2. The number of anilines is 2. The molecule has 1 aromatic heterocycles. The van der Waals surface area contributed by atoms with Crippen LogP contribution in [0.2, 0.25) is 5.02 Å². The highest BCUT2D eigenvalue weighted by Gasteiger charge is 2.18. The normalized spacial score (nSPS) is 13.2. The molecular weight excluding hydrogens is 360 g/mol. The van der Waals surface area contributed by atoms with Gasteiger partial charge in [0.25, 0.3) is 5.91 Å². The van der Waals surface area contributed by atoms with Crippen LogP contribution in [0.1, 0.15) is 27.2 Å². The molecule has 1 aliphatic rings. The van der Waals surface area contributed by atoms with E-state index in [0.717, 1.165) is 30.9 Å². The van der Waals surface area contributed by atoms with Crippen LogP contribution in [0, 0.1) is 6.92 Å². The maximum atomic E-state index is 12.4. The molecule has 136 valence electrons. The summed E-state index contributed by atoms with van der Waals surface area (Å²) in [4.78, 5) is 14.6. The molecule has 2 aromatic carbocycles.